The van der Waals surface area contributed by atoms with Crippen molar-refractivity contribution in [2.45, 2.75) is 39.8 Å². The smallest absolute Gasteiger partial charge is 0.237 e. The zero-order valence-electron chi connectivity index (χ0n) is 9.99. The van der Waals surface area contributed by atoms with E-state index >= 15 is 0 Å². The molecule has 1 amide bonds. The molecule has 0 saturated heterocycles. The normalized spacial score (nSPS) is 14.5. The minimum Gasteiger partial charge on any atom is -0.348 e. The van der Waals surface area contributed by atoms with Crippen LogP contribution in [0.2, 0.25) is 0 Å². The first-order valence-corrected chi connectivity index (χ1v) is 6.30. The van der Waals surface area contributed by atoms with Gasteiger partial charge in [-0.15, -0.1) is 11.3 Å². The lowest BCUT2D eigenvalue weighted by Gasteiger charge is -2.17. The van der Waals surface area contributed by atoms with Crippen LogP contribution in [0.3, 0.4) is 0 Å². The topological polar surface area (TPSA) is 68.0 Å². The standard InChI is InChI=1S/C11H19N3OS/c1-4-7(2)10(12)11(15)14-6-9-13-5-8(3)16-9/h5,7,10H,4,6,12H2,1-3H3,(H,14,15)/t7?,10-/m0/s1. The van der Waals surface area contributed by atoms with E-state index in [4.69, 9.17) is 5.73 Å². The molecule has 90 valence electrons. The fourth-order valence-corrected chi connectivity index (χ4v) is 2.00. The van der Waals surface area contributed by atoms with E-state index < -0.39 is 6.04 Å². The molecule has 0 aliphatic carbocycles. The van der Waals surface area contributed by atoms with Crippen LogP contribution in [0.15, 0.2) is 6.20 Å². The van der Waals surface area contributed by atoms with Gasteiger partial charge in [-0.25, -0.2) is 4.98 Å². The van der Waals surface area contributed by atoms with Gasteiger partial charge in [-0.1, -0.05) is 20.3 Å². The van der Waals surface area contributed by atoms with Crippen molar-refractivity contribution >= 4 is 17.2 Å². The maximum absolute atomic E-state index is 11.7. The van der Waals surface area contributed by atoms with Crippen LogP contribution in [-0.2, 0) is 11.3 Å². The number of rotatable bonds is 5. The Morgan fingerprint density at radius 3 is 2.88 bits per heavy atom. The molecule has 1 aromatic rings. The number of aromatic nitrogens is 1. The third-order valence-corrected chi connectivity index (χ3v) is 3.56. The van der Waals surface area contributed by atoms with Crippen LogP contribution in [-0.4, -0.2) is 16.9 Å². The van der Waals surface area contributed by atoms with Gasteiger partial charge in [-0.2, -0.15) is 0 Å². The molecule has 16 heavy (non-hydrogen) atoms. The molecule has 0 aliphatic heterocycles. The van der Waals surface area contributed by atoms with Gasteiger partial charge in [0.15, 0.2) is 0 Å². The van der Waals surface area contributed by atoms with E-state index in [1.807, 2.05) is 20.8 Å². The molecular weight excluding hydrogens is 222 g/mol. The Balaban J connectivity index is 2.40. The summed E-state index contributed by atoms with van der Waals surface area (Å²) >= 11 is 1.59. The highest BCUT2D eigenvalue weighted by Crippen LogP contribution is 2.11. The number of aryl methyl sites for hydroxylation is 1. The number of thiazole rings is 1. The van der Waals surface area contributed by atoms with Gasteiger partial charge in [0.05, 0.1) is 12.6 Å². The van der Waals surface area contributed by atoms with Crippen LogP contribution in [0, 0.1) is 12.8 Å². The first kappa shape index (κ1) is 13.1. The molecule has 0 saturated carbocycles. The average molecular weight is 241 g/mol. The predicted octanol–water partition coefficient (Wildman–Crippen LogP) is 1.44. The first-order chi connectivity index (χ1) is 7.54. The zero-order valence-corrected chi connectivity index (χ0v) is 10.8. The van der Waals surface area contributed by atoms with Gasteiger partial charge in [0.1, 0.15) is 5.01 Å². The van der Waals surface area contributed by atoms with Gasteiger partial charge in [0.25, 0.3) is 0 Å². The summed E-state index contributed by atoms with van der Waals surface area (Å²) < 4.78 is 0. The van der Waals surface area contributed by atoms with E-state index in [0.29, 0.717) is 6.54 Å². The van der Waals surface area contributed by atoms with Gasteiger partial charge >= 0.3 is 0 Å². The summed E-state index contributed by atoms with van der Waals surface area (Å²) in [4.78, 5) is 17.0. The monoisotopic (exact) mass is 241 g/mol. The fraction of sp³-hybridized carbons (Fsp3) is 0.636. The van der Waals surface area contributed by atoms with E-state index in [0.717, 1.165) is 16.3 Å². The number of carbonyl (C=O) groups excluding carboxylic acids is 1. The molecule has 3 N–H and O–H groups in total. The Morgan fingerprint density at radius 1 is 1.69 bits per heavy atom. The Morgan fingerprint density at radius 2 is 2.38 bits per heavy atom. The van der Waals surface area contributed by atoms with Crippen molar-refractivity contribution in [3.8, 4) is 0 Å². The second-order valence-corrected chi connectivity index (χ2v) is 5.31. The van der Waals surface area contributed by atoms with Crippen molar-refractivity contribution in [3.63, 3.8) is 0 Å². The molecule has 0 bridgehead atoms. The molecule has 0 aromatic carbocycles. The summed E-state index contributed by atoms with van der Waals surface area (Å²) in [5.41, 5.74) is 5.81. The minimum absolute atomic E-state index is 0.0952. The molecule has 1 rings (SSSR count). The Hall–Kier alpha value is -0.940. The number of nitrogens with two attached hydrogens (primary N) is 1. The number of hydrogen-bond acceptors (Lipinski definition) is 4. The Kier molecular flexibility index (Phi) is 4.89. The lowest BCUT2D eigenvalue weighted by atomic mass is 9.99. The maximum Gasteiger partial charge on any atom is 0.237 e. The van der Waals surface area contributed by atoms with Gasteiger partial charge in [0.2, 0.25) is 5.91 Å². The van der Waals surface area contributed by atoms with E-state index in [1.54, 1.807) is 17.5 Å². The molecule has 4 nitrogen and oxygen atoms in total. The summed E-state index contributed by atoms with van der Waals surface area (Å²) in [5.74, 6) is 0.111. The maximum atomic E-state index is 11.7. The predicted molar refractivity (Wildman–Crippen MR) is 66.1 cm³/mol. The van der Waals surface area contributed by atoms with Crippen LogP contribution >= 0.6 is 11.3 Å². The average Bonchev–Trinajstić information content (AvgIpc) is 2.69. The van der Waals surface area contributed by atoms with Crippen molar-refractivity contribution < 1.29 is 4.79 Å². The summed E-state index contributed by atoms with van der Waals surface area (Å²) in [6.45, 7) is 6.48. The first-order valence-electron chi connectivity index (χ1n) is 5.49. The summed E-state index contributed by atoms with van der Waals surface area (Å²) in [7, 11) is 0. The van der Waals surface area contributed by atoms with Crippen molar-refractivity contribution in [3.05, 3.63) is 16.1 Å². The minimum atomic E-state index is -0.425. The molecule has 0 aliphatic rings. The summed E-state index contributed by atoms with van der Waals surface area (Å²) in [6.07, 6.45) is 2.71. The largest absolute Gasteiger partial charge is 0.348 e. The highest BCUT2D eigenvalue weighted by Gasteiger charge is 2.19. The molecule has 0 spiro atoms. The third kappa shape index (κ3) is 3.57. The third-order valence-electron chi connectivity index (χ3n) is 2.64. The number of amides is 1. The summed E-state index contributed by atoms with van der Waals surface area (Å²) in [5, 5.41) is 3.73. The molecule has 1 aromatic heterocycles. The van der Waals surface area contributed by atoms with Crippen LogP contribution in [0.4, 0.5) is 0 Å². The van der Waals surface area contributed by atoms with Crippen LogP contribution in [0.1, 0.15) is 30.2 Å². The Labute approximate surface area is 100 Å². The van der Waals surface area contributed by atoms with E-state index in [9.17, 15) is 4.79 Å². The van der Waals surface area contributed by atoms with E-state index in [2.05, 4.69) is 10.3 Å². The molecule has 2 atom stereocenters. The van der Waals surface area contributed by atoms with Crippen molar-refractivity contribution in [2.24, 2.45) is 11.7 Å². The highest BCUT2D eigenvalue weighted by atomic mass is 32.1. The number of nitrogens with zero attached hydrogens (tertiary/aromatic N) is 1. The molecular formula is C11H19N3OS. The van der Waals surface area contributed by atoms with Crippen molar-refractivity contribution in [2.75, 3.05) is 0 Å². The summed E-state index contributed by atoms with van der Waals surface area (Å²) in [6, 6.07) is -0.425. The highest BCUT2D eigenvalue weighted by molar-refractivity contribution is 7.11. The number of nitrogens with one attached hydrogen (secondary N) is 1. The SMILES string of the molecule is CCC(C)[C@H](N)C(=O)NCc1ncc(C)s1. The van der Waals surface area contributed by atoms with Gasteiger partial charge in [0, 0.05) is 11.1 Å². The molecule has 0 fully saturated rings. The van der Waals surface area contributed by atoms with E-state index in [-0.39, 0.29) is 11.8 Å². The van der Waals surface area contributed by atoms with Crippen LogP contribution in [0.25, 0.3) is 0 Å². The van der Waals surface area contributed by atoms with Crippen LogP contribution in [0.5, 0.6) is 0 Å². The molecule has 1 unspecified atom stereocenters. The molecule has 1 heterocycles. The second-order valence-electron chi connectivity index (χ2n) is 3.99. The lowest BCUT2D eigenvalue weighted by molar-refractivity contribution is -0.123. The number of hydrogen-bond donors (Lipinski definition) is 2. The second kappa shape index (κ2) is 5.96. The van der Waals surface area contributed by atoms with Crippen molar-refractivity contribution in [1.29, 1.82) is 0 Å². The zero-order chi connectivity index (χ0) is 12.1. The van der Waals surface area contributed by atoms with Gasteiger partial charge in [-0.3, -0.25) is 4.79 Å². The quantitative estimate of drug-likeness (QED) is 0.819. The van der Waals surface area contributed by atoms with Gasteiger partial charge in [-0.05, 0) is 12.8 Å². The lowest BCUT2D eigenvalue weighted by Crippen LogP contribution is -2.44. The fourth-order valence-electron chi connectivity index (χ4n) is 1.28. The van der Waals surface area contributed by atoms with Crippen molar-refractivity contribution in [1.82, 2.24) is 10.3 Å². The van der Waals surface area contributed by atoms with Gasteiger partial charge < -0.3 is 11.1 Å². The van der Waals surface area contributed by atoms with E-state index in [1.165, 1.54) is 0 Å². The Bertz CT molecular complexity index is 351. The molecule has 5 heteroatoms. The molecule has 0 radical (unpaired) electrons. The van der Waals surface area contributed by atoms with Crippen LogP contribution < -0.4 is 11.1 Å². The number of carbonyl (C=O) groups is 1.